The molecule has 1 amide bonds. The molecule has 0 aliphatic rings. The summed E-state index contributed by atoms with van der Waals surface area (Å²) >= 11 is 0. The van der Waals surface area contributed by atoms with Crippen molar-refractivity contribution in [1.82, 2.24) is 20.4 Å². The highest BCUT2D eigenvalue weighted by Crippen LogP contribution is 1.93. The lowest BCUT2D eigenvalue weighted by atomic mass is 10.4. The van der Waals surface area contributed by atoms with Gasteiger partial charge < -0.3 is 5.73 Å². The van der Waals surface area contributed by atoms with Gasteiger partial charge in [-0.2, -0.15) is 0 Å². The predicted molar refractivity (Wildman–Crippen MR) is 45.3 cm³/mol. The maximum Gasteiger partial charge on any atom is 0.287 e. The van der Waals surface area contributed by atoms with Gasteiger partial charge >= 0.3 is 0 Å². The Bertz CT molecular complexity index is 282. The maximum absolute atomic E-state index is 10.9. The van der Waals surface area contributed by atoms with Crippen LogP contribution in [-0.2, 0) is 6.54 Å². The molecule has 0 aromatic carbocycles. The Morgan fingerprint density at radius 1 is 1.69 bits per heavy atom. The van der Waals surface area contributed by atoms with Gasteiger partial charge in [0.2, 0.25) is 0 Å². The average Bonchev–Trinajstić information content (AvgIpc) is 2.62. The first-order valence-corrected chi connectivity index (χ1v) is 3.89. The quantitative estimate of drug-likeness (QED) is 0.291. The monoisotopic (exact) mass is 184 g/mol. The third-order valence-corrected chi connectivity index (χ3v) is 1.49. The lowest BCUT2D eigenvalue weighted by Crippen LogP contribution is -2.30. The van der Waals surface area contributed by atoms with Crippen molar-refractivity contribution in [2.24, 2.45) is 11.6 Å². The molecule has 0 aliphatic heterocycles. The third-order valence-electron chi connectivity index (χ3n) is 1.49. The van der Waals surface area contributed by atoms with Gasteiger partial charge in [0.15, 0.2) is 5.69 Å². The molecule has 0 saturated carbocycles. The summed E-state index contributed by atoms with van der Waals surface area (Å²) in [5.74, 6) is 4.47. The standard InChI is InChI=1S/C6H12N6O/c7-2-1-3-12-4-5(10-11-12)6(13)9-8/h4H,1-3,7-8H2,(H,9,13). The summed E-state index contributed by atoms with van der Waals surface area (Å²) in [6.45, 7) is 1.24. The van der Waals surface area contributed by atoms with Crippen molar-refractivity contribution in [2.75, 3.05) is 6.54 Å². The molecular weight excluding hydrogens is 172 g/mol. The highest BCUT2D eigenvalue weighted by Gasteiger charge is 2.07. The molecule has 0 atom stereocenters. The van der Waals surface area contributed by atoms with Crippen LogP contribution in [-0.4, -0.2) is 27.4 Å². The molecule has 0 radical (unpaired) electrons. The molecule has 5 N–H and O–H groups in total. The average molecular weight is 184 g/mol. The maximum atomic E-state index is 10.9. The van der Waals surface area contributed by atoms with E-state index in [1.165, 1.54) is 6.20 Å². The normalized spacial score (nSPS) is 10.0. The number of aryl methyl sites for hydroxylation is 1. The number of hydrogen-bond acceptors (Lipinski definition) is 5. The fraction of sp³-hybridized carbons (Fsp3) is 0.500. The first-order chi connectivity index (χ1) is 6.27. The Hall–Kier alpha value is -1.47. The minimum absolute atomic E-state index is 0.208. The van der Waals surface area contributed by atoms with Crippen LogP contribution in [0.4, 0.5) is 0 Å². The molecule has 1 aromatic rings. The Morgan fingerprint density at radius 3 is 3.08 bits per heavy atom. The second-order valence-electron chi connectivity index (χ2n) is 2.48. The molecule has 0 spiro atoms. The molecule has 0 saturated heterocycles. The number of aromatic nitrogens is 3. The molecule has 0 bridgehead atoms. The van der Waals surface area contributed by atoms with E-state index >= 15 is 0 Å². The van der Waals surface area contributed by atoms with Crippen LogP contribution in [0, 0.1) is 0 Å². The van der Waals surface area contributed by atoms with E-state index in [-0.39, 0.29) is 5.69 Å². The summed E-state index contributed by atoms with van der Waals surface area (Å²) in [4.78, 5) is 10.9. The topological polar surface area (TPSA) is 112 Å². The third kappa shape index (κ3) is 2.49. The van der Waals surface area contributed by atoms with E-state index in [2.05, 4.69) is 10.3 Å². The summed E-state index contributed by atoms with van der Waals surface area (Å²) in [5, 5.41) is 7.34. The van der Waals surface area contributed by atoms with Gasteiger partial charge in [-0.25, -0.2) is 5.84 Å². The number of nitrogens with two attached hydrogens (primary N) is 2. The van der Waals surface area contributed by atoms with Gasteiger partial charge in [0.25, 0.3) is 5.91 Å². The molecule has 7 nitrogen and oxygen atoms in total. The smallest absolute Gasteiger partial charge is 0.287 e. The molecular formula is C6H12N6O. The zero-order chi connectivity index (χ0) is 9.68. The number of carbonyl (C=O) groups is 1. The summed E-state index contributed by atoms with van der Waals surface area (Å²) in [7, 11) is 0. The molecule has 0 unspecified atom stereocenters. The highest BCUT2D eigenvalue weighted by molar-refractivity contribution is 5.91. The van der Waals surface area contributed by atoms with E-state index in [9.17, 15) is 4.79 Å². The molecule has 72 valence electrons. The summed E-state index contributed by atoms with van der Waals surface area (Å²) in [5.41, 5.74) is 7.49. The van der Waals surface area contributed by atoms with Gasteiger partial charge in [0.1, 0.15) is 0 Å². The Kier molecular flexibility index (Phi) is 3.35. The minimum Gasteiger partial charge on any atom is -0.330 e. The van der Waals surface area contributed by atoms with E-state index in [1.807, 2.05) is 5.43 Å². The van der Waals surface area contributed by atoms with Crippen LogP contribution in [0.5, 0.6) is 0 Å². The van der Waals surface area contributed by atoms with Gasteiger partial charge in [-0.1, -0.05) is 5.21 Å². The van der Waals surface area contributed by atoms with E-state index < -0.39 is 5.91 Å². The van der Waals surface area contributed by atoms with Gasteiger partial charge in [-0.3, -0.25) is 14.9 Å². The number of hydrogen-bond donors (Lipinski definition) is 3. The van der Waals surface area contributed by atoms with Crippen molar-refractivity contribution in [3.05, 3.63) is 11.9 Å². The number of rotatable bonds is 4. The van der Waals surface area contributed by atoms with Crippen LogP contribution in [0.2, 0.25) is 0 Å². The molecule has 0 fully saturated rings. The molecule has 1 aromatic heterocycles. The number of carbonyl (C=O) groups excluding carboxylic acids is 1. The lowest BCUT2D eigenvalue weighted by Gasteiger charge is -1.95. The lowest BCUT2D eigenvalue weighted by molar-refractivity contribution is 0.0948. The number of hydrazine groups is 1. The Labute approximate surface area is 75.0 Å². The van der Waals surface area contributed by atoms with Crippen molar-refractivity contribution in [2.45, 2.75) is 13.0 Å². The van der Waals surface area contributed by atoms with E-state index in [1.54, 1.807) is 4.68 Å². The second-order valence-corrected chi connectivity index (χ2v) is 2.48. The fourth-order valence-corrected chi connectivity index (χ4v) is 0.839. The second kappa shape index (κ2) is 4.53. The van der Waals surface area contributed by atoms with Crippen LogP contribution in [0.25, 0.3) is 0 Å². The SMILES string of the molecule is NCCCn1cc(C(=O)NN)nn1. The van der Waals surface area contributed by atoms with Crippen molar-refractivity contribution in [1.29, 1.82) is 0 Å². The van der Waals surface area contributed by atoms with Crippen molar-refractivity contribution < 1.29 is 4.79 Å². The first-order valence-electron chi connectivity index (χ1n) is 3.89. The van der Waals surface area contributed by atoms with Gasteiger partial charge in [-0.05, 0) is 13.0 Å². The molecule has 13 heavy (non-hydrogen) atoms. The van der Waals surface area contributed by atoms with Crippen LogP contribution >= 0.6 is 0 Å². The Balaban J connectivity index is 2.58. The summed E-state index contributed by atoms with van der Waals surface area (Å²) in [6, 6.07) is 0. The molecule has 1 rings (SSSR count). The first kappa shape index (κ1) is 9.62. The summed E-state index contributed by atoms with van der Waals surface area (Å²) < 4.78 is 1.55. The van der Waals surface area contributed by atoms with E-state index in [0.717, 1.165) is 6.42 Å². The fourth-order valence-electron chi connectivity index (χ4n) is 0.839. The predicted octanol–water partition coefficient (Wildman–Crippen LogP) is -1.77. The van der Waals surface area contributed by atoms with E-state index in [4.69, 9.17) is 11.6 Å². The zero-order valence-corrected chi connectivity index (χ0v) is 7.10. The number of nitrogens with zero attached hydrogens (tertiary/aromatic N) is 3. The van der Waals surface area contributed by atoms with Gasteiger partial charge in [0, 0.05) is 6.54 Å². The van der Waals surface area contributed by atoms with Gasteiger partial charge in [0.05, 0.1) is 6.20 Å². The largest absolute Gasteiger partial charge is 0.330 e. The number of amides is 1. The van der Waals surface area contributed by atoms with Crippen LogP contribution < -0.4 is 17.0 Å². The number of nitrogen functional groups attached to an aromatic ring is 1. The zero-order valence-electron chi connectivity index (χ0n) is 7.10. The van der Waals surface area contributed by atoms with Crippen LogP contribution in [0.1, 0.15) is 16.9 Å². The number of nitrogens with one attached hydrogen (secondary N) is 1. The Morgan fingerprint density at radius 2 is 2.46 bits per heavy atom. The van der Waals surface area contributed by atoms with Gasteiger partial charge in [-0.15, -0.1) is 5.10 Å². The highest BCUT2D eigenvalue weighted by atomic mass is 16.2. The van der Waals surface area contributed by atoms with Crippen molar-refractivity contribution in [3.8, 4) is 0 Å². The van der Waals surface area contributed by atoms with Crippen LogP contribution in [0.3, 0.4) is 0 Å². The molecule has 0 aliphatic carbocycles. The van der Waals surface area contributed by atoms with Crippen molar-refractivity contribution in [3.63, 3.8) is 0 Å². The summed E-state index contributed by atoms with van der Waals surface area (Å²) in [6.07, 6.45) is 2.32. The molecule has 7 heteroatoms. The minimum atomic E-state index is -0.445. The molecule has 1 heterocycles. The van der Waals surface area contributed by atoms with Crippen LogP contribution in [0.15, 0.2) is 6.20 Å². The van der Waals surface area contributed by atoms with Crippen molar-refractivity contribution >= 4 is 5.91 Å². The van der Waals surface area contributed by atoms with E-state index in [0.29, 0.717) is 13.1 Å².